The quantitative estimate of drug-likeness (QED) is 0.660. The highest BCUT2D eigenvalue weighted by molar-refractivity contribution is 5.55. The predicted molar refractivity (Wildman–Crippen MR) is 47.3 cm³/mol. The molecule has 0 spiro atoms. The van der Waals surface area contributed by atoms with Crippen LogP contribution in [0.1, 0.15) is 0 Å². The van der Waals surface area contributed by atoms with Crippen LogP contribution in [0.15, 0.2) is 30.5 Å². The monoisotopic (exact) mass is 158 g/mol. The molecule has 1 aromatic carbocycles. The summed E-state index contributed by atoms with van der Waals surface area (Å²) in [5.74, 6) is 1.33. The molecule has 59 valence electrons. The second-order valence-corrected chi connectivity index (χ2v) is 2.46. The van der Waals surface area contributed by atoms with Crippen molar-refractivity contribution in [3.8, 4) is 11.4 Å². The van der Waals surface area contributed by atoms with Crippen LogP contribution >= 0.6 is 0 Å². The molecule has 0 unspecified atom stereocenters. The molecule has 3 nitrogen and oxygen atoms in total. The minimum atomic E-state index is 0.572. The number of benzene rings is 1. The van der Waals surface area contributed by atoms with Gasteiger partial charge in [-0.1, -0.05) is 24.3 Å². The van der Waals surface area contributed by atoms with Gasteiger partial charge in [0.25, 0.3) is 0 Å². The van der Waals surface area contributed by atoms with Crippen molar-refractivity contribution in [1.82, 2.24) is 9.97 Å². The molecule has 0 aliphatic rings. The highest BCUT2D eigenvalue weighted by atomic mass is 15.0. The van der Waals surface area contributed by atoms with Crippen molar-refractivity contribution in [3.05, 3.63) is 36.5 Å². The number of aromatic nitrogens is 2. The van der Waals surface area contributed by atoms with Crippen LogP contribution < -0.4 is 5.73 Å². The number of nitrogens with two attached hydrogens (primary N) is 1. The fourth-order valence-corrected chi connectivity index (χ4v) is 1.01. The molecule has 0 atom stereocenters. The summed E-state index contributed by atoms with van der Waals surface area (Å²) in [5.41, 5.74) is 6.41. The first-order valence-electron chi connectivity index (χ1n) is 3.64. The zero-order valence-electron chi connectivity index (χ0n) is 6.41. The van der Waals surface area contributed by atoms with Crippen LogP contribution in [0.25, 0.3) is 11.4 Å². The summed E-state index contributed by atoms with van der Waals surface area (Å²) in [6, 6.07) is 10.7. The van der Waals surface area contributed by atoms with Crippen LogP contribution in [0.3, 0.4) is 0 Å². The number of nitrogen functional groups attached to an aromatic ring is 1. The standard InChI is InChI=1S/C9H8N3/c10-8-6-11-9(12-8)7-4-2-1-3-5-7/h1-4,6H,10H2,(H,11,12). The molecule has 2 aromatic rings. The molecule has 0 aliphatic heterocycles. The Hall–Kier alpha value is -1.77. The van der Waals surface area contributed by atoms with Crippen molar-refractivity contribution in [2.75, 3.05) is 5.73 Å². The van der Waals surface area contributed by atoms with Crippen LogP contribution in [0, 0.1) is 6.07 Å². The summed E-state index contributed by atoms with van der Waals surface area (Å²) >= 11 is 0. The third kappa shape index (κ3) is 1.16. The van der Waals surface area contributed by atoms with Gasteiger partial charge in [-0.05, 0) is 6.07 Å². The lowest BCUT2D eigenvalue weighted by Gasteiger charge is -1.92. The first-order valence-corrected chi connectivity index (χ1v) is 3.64. The topological polar surface area (TPSA) is 54.7 Å². The number of nitrogens with zero attached hydrogens (tertiary/aromatic N) is 1. The van der Waals surface area contributed by atoms with E-state index >= 15 is 0 Å². The summed E-state index contributed by atoms with van der Waals surface area (Å²) in [5, 5.41) is 0. The average molecular weight is 158 g/mol. The number of anilines is 1. The summed E-state index contributed by atoms with van der Waals surface area (Å²) < 4.78 is 0. The first kappa shape index (κ1) is 6.91. The van der Waals surface area contributed by atoms with Gasteiger partial charge in [0.1, 0.15) is 11.6 Å². The van der Waals surface area contributed by atoms with Gasteiger partial charge in [0.15, 0.2) is 0 Å². The lowest BCUT2D eigenvalue weighted by atomic mass is 10.2. The Labute approximate surface area is 70.3 Å². The van der Waals surface area contributed by atoms with E-state index in [1.54, 1.807) is 6.20 Å². The number of H-pyrrole nitrogens is 1. The van der Waals surface area contributed by atoms with Crippen molar-refractivity contribution >= 4 is 5.82 Å². The minimum absolute atomic E-state index is 0.572. The van der Waals surface area contributed by atoms with Gasteiger partial charge in [-0.25, -0.2) is 4.98 Å². The number of nitrogens with one attached hydrogen (secondary N) is 1. The van der Waals surface area contributed by atoms with E-state index in [0.29, 0.717) is 5.82 Å². The molecule has 0 saturated heterocycles. The fourth-order valence-electron chi connectivity index (χ4n) is 1.01. The lowest BCUT2D eigenvalue weighted by Crippen LogP contribution is -1.83. The van der Waals surface area contributed by atoms with Crippen LogP contribution in [-0.2, 0) is 0 Å². The van der Waals surface area contributed by atoms with Gasteiger partial charge in [0, 0.05) is 5.56 Å². The maximum atomic E-state index is 5.48. The predicted octanol–water partition coefficient (Wildman–Crippen LogP) is 1.46. The van der Waals surface area contributed by atoms with Crippen LogP contribution in [0.5, 0.6) is 0 Å². The van der Waals surface area contributed by atoms with E-state index in [2.05, 4.69) is 16.0 Å². The Morgan fingerprint density at radius 3 is 2.92 bits per heavy atom. The second kappa shape index (κ2) is 2.70. The highest BCUT2D eigenvalue weighted by Gasteiger charge is 1.99. The van der Waals surface area contributed by atoms with Crippen LogP contribution in [0.4, 0.5) is 5.82 Å². The summed E-state index contributed by atoms with van der Waals surface area (Å²) in [7, 11) is 0. The lowest BCUT2D eigenvalue weighted by molar-refractivity contribution is 1.31. The van der Waals surface area contributed by atoms with Crippen molar-refractivity contribution in [1.29, 1.82) is 0 Å². The van der Waals surface area contributed by atoms with E-state index in [-0.39, 0.29) is 0 Å². The van der Waals surface area contributed by atoms with Gasteiger partial charge in [-0.15, -0.1) is 0 Å². The molecule has 0 bridgehead atoms. The smallest absolute Gasteiger partial charge is 0.139 e. The van der Waals surface area contributed by atoms with Crippen molar-refractivity contribution in [3.63, 3.8) is 0 Å². The fraction of sp³-hybridized carbons (Fsp3) is 0. The SMILES string of the molecule is Nc1cnc(-c2[c]cccc2)[nH]1. The van der Waals surface area contributed by atoms with E-state index in [0.717, 1.165) is 11.4 Å². The summed E-state index contributed by atoms with van der Waals surface area (Å²) in [6.07, 6.45) is 1.59. The minimum Gasteiger partial charge on any atom is -0.384 e. The van der Waals surface area contributed by atoms with E-state index in [1.165, 1.54) is 0 Å². The maximum absolute atomic E-state index is 5.48. The molecule has 1 heterocycles. The second-order valence-electron chi connectivity index (χ2n) is 2.46. The van der Waals surface area contributed by atoms with E-state index in [4.69, 9.17) is 5.73 Å². The largest absolute Gasteiger partial charge is 0.384 e. The zero-order chi connectivity index (χ0) is 8.39. The van der Waals surface area contributed by atoms with E-state index < -0.39 is 0 Å². The molecule has 2 rings (SSSR count). The average Bonchev–Trinajstić information content (AvgIpc) is 2.54. The molecular weight excluding hydrogens is 150 g/mol. The molecule has 1 aromatic heterocycles. The Bertz CT molecular complexity index is 364. The molecular formula is C9H8N3. The third-order valence-electron chi connectivity index (χ3n) is 1.56. The number of aromatic amines is 1. The van der Waals surface area contributed by atoms with Gasteiger partial charge in [0.05, 0.1) is 6.20 Å². The van der Waals surface area contributed by atoms with Gasteiger partial charge in [0.2, 0.25) is 0 Å². The van der Waals surface area contributed by atoms with E-state index in [9.17, 15) is 0 Å². The molecule has 0 fully saturated rings. The number of hydrogen-bond acceptors (Lipinski definition) is 2. The Balaban J connectivity index is 2.45. The molecule has 12 heavy (non-hydrogen) atoms. The summed E-state index contributed by atoms with van der Waals surface area (Å²) in [6.45, 7) is 0. The van der Waals surface area contributed by atoms with Crippen molar-refractivity contribution in [2.45, 2.75) is 0 Å². The van der Waals surface area contributed by atoms with Gasteiger partial charge in [-0.2, -0.15) is 0 Å². The third-order valence-corrected chi connectivity index (χ3v) is 1.56. The van der Waals surface area contributed by atoms with Gasteiger partial charge in [-0.3, -0.25) is 0 Å². The van der Waals surface area contributed by atoms with Crippen LogP contribution in [-0.4, -0.2) is 9.97 Å². The zero-order valence-corrected chi connectivity index (χ0v) is 6.41. The molecule has 0 saturated carbocycles. The normalized spacial score (nSPS) is 10.0. The van der Waals surface area contributed by atoms with Gasteiger partial charge < -0.3 is 10.7 Å². The Morgan fingerprint density at radius 2 is 2.33 bits per heavy atom. The highest BCUT2D eigenvalue weighted by Crippen LogP contribution is 2.14. The molecule has 0 aliphatic carbocycles. The Kier molecular flexibility index (Phi) is 1.55. The summed E-state index contributed by atoms with van der Waals surface area (Å²) in [4.78, 5) is 7.00. The van der Waals surface area contributed by atoms with Gasteiger partial charge >= 0.3 is 0 Å². The molecule has 3 N–H and O–H groups in total. The molecule has 3 heteroatoms. The number of hydrogen-bond donors (Lipinski definition) is 2. The van der Waals surface area contributed by atoms with Crippen molar-refractivity contribution < 1.29 is 0 Å². The van der Waals surface area contributed by atoms with Crippen molar-refractivity contribution in [2.24, 2.45) is 0 Å². The first-order chi connectivity index (χ1) is 5.86. The molecule has 1 radical (unpaired) electrons. The number of rotatable bonds is 1. The Morgan fingerprint density at radius 1 is 1.42 bits per heavy atom. The van der Waals surface area contributed by atoms with Crippen LogP contribution in [0.2, 0.25) is 0 Å². The number of imidazole rings is 1. The maximum Gasteiger partial charge on any atom is 0.139 e. The molecule has 0 amide bonds. The van der Waals surface area contributed by atoms with E-state index in [1.807, 2.05) is 24.3 Å².